The molecule has 0 saturated carbocycles. The number of aromatic nitrogens is 3. The maximum absolute atomic E-state index is 14.2. The van der Waals surface area contributed by atoms with Gasteiger partial charge in [-0.25, -0.2) is 14.8 Å². The number of nitrogens with zero attached hydrogens (tertiary/aromatic N) is 5. The summed E-state index contributed by atoms with van der Waals surface area (Å²) < 4.78 is 19.5. The quantitative estimate of drug-likeness (QED) is 0.336. The van der Waals surface area contributed by atoms with Crippen molar-refractivity contribution in [3.63, 3.8) is 0 Å². The van der Waals surface area contributed by atoms with E-state index in [9.17, 15) is 4.39 Å². The Morgan fingerprint density at radius 3 is 2.72 bits per heavy atom. The van der Waals surface area contributed by atoms with Crippen molar-refractivity contribution in [1.82, 2.24) is 15.0 Å². The van der Waals surface area contributed by atoms with Crippen LogP contribution in [0.15, 0.2) is 71.5 Å². The fourth-order valence-corrected chi connectivity index (χ4v) is 4.87. The van der Waals surface area contributed by atoms with Crippen LogP contribution in [0.5, 0.6) is 0 Å². The molecule has 2 aromatic heterocycles. The van der Waals surface area contributed by atoms with E-state index in [2.05, 4.69) is 79.6 Å². The highest BCUT2D eigenvalue weighted by molar-refractivity contribution is 8.02. The Balaban J connectivity index is 1.18. The molecule has 3 aromatic rings. The molecule has 0 radical (unpaired) electrons. The molecule has 0 amide bonds. The molecule has 5 rings (SSSR count). The molecule has 36 heavy (non-hydrogen) atoms. The summed E-state index contributed by atoms with van der Waals surface area (Å²) in [7, 11) is 0. The van der Waals surface area contributed by atoms with Gasteiger partial charge in [-0.15, -0.1) is 11.8 Å². The van der Waals surface area contributed by atoms with Gasteiger partial charge in [-0.05, 0) is 47.7 Å². The molecule has 0 aliphatic carbocycles. The highest BCUT2D eigenvalue weighted by atomic mass is 32.2. The predicted molar refractivity (Wildman–Crippen MR) is 144 cm³/mol. The summed E-state index contributed by atoms with van der Waals surface area (Å²) in [6.45, 7) is 4.38. The Bertz CT molecular complexity index is 1290. The lowest BCUT2D eigenvalue weighted by molar-refractivity contribution is 0.122. The van der Waals surface area contributed by atoms with E-state index in [1.165, 1.54) is 11.1 Å². The van der Waals surface area contributed by atoms with E-state index in [0.29, 0.717) is 37.2 Å². The monoisotopic (exact) mass is 503 g/mol. The van der Waals surface area contributed by atoms with Gasteiger partial charge in [0, 0.05) is 18.8 Å². The number of ether oxygens (including phenoxy) is 1. The third-order valence-electron chi connectivity index (χ3n) is 5.75. The molecule has 0 bridgehead atoms. The summed E-state index contributed by atoms with van der Waals surface area (Å²) in [6.07, 6.45) is 10.8. The Morgan fingerprint density at radius 1 is 1.11 bits per heavy atom. The summed E-state index contributed by atoms with van der Waals surface area (Å²) in [5, 5.41) is 10.0. The van der Waals surface area contributed by atoms with Crippen LogP contribution in [0.1, 0.15) is 22.1 Å². The van der Waals surface area contributed by atoms with E-state index in [0.717, 1.165) is 17.6 Å². The lowest BCUT2D eigenvalue weighted by Crippen LogP contribution is -2.37. The standard InChI is InChI=1S/C26H26FN7OS/c1-18-14-19(7-8-22(18)24-4-2-3-13-36-24)31-21-6-5-20(28-15-21)16-30-33-26-29-17-23(27)25(32-26)34-9-11-35-12-10-34/h2-8,13-17,24,31H,9-12H2,1H3,(H,29,32,33)/b30-16+. The zero-order valence-corrected chi connectivity index (χ0v) is 20.6. The number of anilines is 4. The molecule has 8 nitrogen and oxygen atoms in total. The maximum atomic E-state index is 14.2. The average Bonchev–Trinajstić information content (AvgIpc) is 2.92. The van der Waals surface area contributed by atoms with Crippen LogP contribution in [0.3, 0.4) is 0 Å². The van der Waals surface area contributed by atoms with E-state index >= 15 is 0 Å². The largest absolute Gasteiger partial charge is 0.378 e. The van der Waals surface area contributed by atoms with Gasteiger partial charge in [0.1, 0.15) is 0 Å². The minimum Gasteiger partial charge on any atom is -0.378 e. The van der Waals surface area contributed by atoms with Gasteiger partial charge in [-0.2, -0.15) is 10.1 Å². The lowest BCUT2D eigenvalue weighted by Gasteiger charge is -2.27. The number of allylic oxidation sites excluding steroid dienone is 2. The Morgan fingerprint density at radius 2 is 1.97 bits per heavy atom. The van der Waals surface area contributed by atoms with Crippen LogP contribution in [0.4, 0.5) is 27.5 Å². The number of benzene rings is 1. The van der Waals surface area contributed by atoms with Crippen LogP contribution in [0.2, 0.25) is 0 Å². The summed E-state index contributed by atoms with van der Waals surface area (Å²) in [4.78, 5) is 14.5. The van der Waals surface area contributed by atoms with Crippen LogP contribution in [-0.2, 0) is 4.74 Å². The summed E-state index contributed by atoms with van der Waals surface area (Å²) in [5.41, 5.74) is 7.83. The van der Waals surface area contributed by atoms with Gasteiger partial charge in [0.05, 0.1) is 48.5 Å². The first-order chi connectivity index (χ1) is 17.7. The minimum absolute atomic E-state index is 0.212. The molecule has 1 aromatic carbocycles. The van der Waals surface area contributed by atoms with Gasteiger partial charge in [0.25, 0.3) is 0 Å². The third kappa shape index (κ3) is 5.89. The van der Waals surface area contributed by atoms with E-state index in [4.69, 9.17) is 4.74 Å². The molecule has 0 spiro atoms. The average molecular weight is 504 g/mol. The number of pyridine rings is 1. The fourth-order valence-electron chi connectivity index (χ4n) is 3.92. The van der Waals surface area contributed by atoms with Gasteiger partial charge in [0.2, 0.25) is 5.95 Å². The van der Waals surface area contributed by atoms with Crippen LogP contribution in [0, 0.1) is 12.7 Å². The van der Waals surface area contributed by atoms with Gasteiger partial charge >= 0.3 is 0 Å². The zero-order chi connectivity index (χ0) is 24.7. The van der Waals surface area contributed by atoms with Gasteiger partial charge in [0.15, 0.2) is 11.6 Å². The number of morpholine rings is 1. The summed E-state index contributed by atoms with van der Waals surface area (Å²) >= 11 is 1.81. The van der Waals surface area contributed by atoms with Crippen molar-refractivity contribution in [2.75, 3.05) is 41.9 Å². The number of hydrogen-bond acceptors (Lipinski definition) is 9. The molecule has 2 aliphatic rings. The first-order valence-corrected chi connectivity index (χ1v) is 12.6. The first kappa shape index (κ1) is 24.0. The second kappa shape index (κ2) is 11.3. The smallest absolute Gasteiger partial charge is 0.245 e. The molecule has 4 heterocycles. The number of hydrogen-bond donors (Lipinski definition) is 2. The van der Waals surface area contributed by atoms with Gasteiger partial charge in [-0.1, -0.05) is 24.3 Å². The normalized spacial score (nSPS) is 17.5. The number of nitrogens with one attached hydrogen (secondary N) is 2. The summed E-state index contributed by atoms with van der Waals surface area (Å²) in [6, 6.07) is 10.2. The van der Waals surface area contributed by atoms with Crippen molar-refractivity contribution in [3.8, 4) is 0 Å². The molecule has 2 N–H and O–H groups in total. The first-order valence-electron chi connectivity index (χ1n) is 11.6. The minimum atomic E-state index is -0.470. The lowest BCUT2D eigenvalue weighted by atomic mass is 10.0. The molecule has 184 valence electrons. The van der Waals surface area contributed by atoms with Gasteiger partial charge in [-0.3, -0.25) is 4.98 Å². The van der Waals surface area contributed by atoms with E-state index in [-0.39, 0.29) is 11.8 Å². The van der Waals surface area contributed by atoms with Crippen molar-refractivity contribution in [3.05, 3.63) is 89.0 Å². The van der Waals surface area contributed by atoms with Crippen molar-refractivity contribution in [2.24, 2.45) is 5.10 Å². The fraction of sp³-hybridized carbons (Fsp3) is 0.231. The molecule has 1 atom stereocenters. The molecule has 1 saturated heterocycles. The molecule has 1 unspecified atom stereocenters. The van der Waals surface area contributed by atoms with Crippen molar-refractivity contribution >= 4 is 41.1 Å². The molecular weight excluding hydrogens is 477 g/mol. The molecular formula is C26H26FN7OS. The zero-order valence-electron chi connectivity index (χ0n) is 19.8. The Kier molecular flexibility index (Phi) is 7.53. The van der Waals surface area contributed by atoms with Crippen LogP contribution in [0.25, 0.3) is 0 Å². The second-order valence-electron chi connectivity index (χ2n) is 8.27. The third-order valence-corrected chi connectivity index (χ3v) is 6.77. The van der Waals surface area contributed by atoms with E-state index in [1.807, 2.05) is 28.8 Å². The van der Waals surface area contributed by atoms with Crippen LogP contribution in [-0.4, -0.2) is 47.5 Å². The maximum Gasteiger partial charge on any atom is 0.245 e. The van der Waals surface area contributed by atoms with Crippen molar-refractivity contribution in [2.45, 2.75) is 12.2 Å². The van der Waals surface area contributed by atoms with E-state index < -0.39 is 5.82 Å². The Hall–Kier alpha value is -3.76. The number of hydrazone groups is 1. The molecule has 10 heteroatoms. The Labute approximate surface area is 213 Å². The van der Waals surface area contributed by atoms with E-state index in [1.54, 1.807) is 12.4 Å². The number of thioether (sulfide) groups is 1. The highest BCUT2D eigenvalue weighted by Crippen LogP contribution is 2.36. The number of halogens is 1. The van der Waals surface area contributed by atoms with Gasteiger partial charge < -0.3 is 15.0 Å². The second-order valence-corrected chi connectivity index (χ2v) is 9.32. The predicted octanol–water partition coefficient (Wildman–Crippen LogP) is 5.20. The molecule has 1 fully saturated rings. The number of rotatable bonds is 7. The van der Waals surface area contributed by atoms with Crippen LogP contribution < -0.4 is 15.6 Å². The van der Waals surface area contributed by atoms with Crippen LogP contribution >= 0.6 is 11.8 Å². The van der Waals surface area contributed by atoms with Crippen molar-refractivity contribution in [1.29, 1.82) is 0 Å². The summed E-state index contributed by atoms with van der Waals surface area (Å²) in [5.74, 6) is -0.0131. The topological polar surface area (TPSA) is 87.6 Å². The highest BCUT2D eigenvalue weighted by Gasteiger charge is 2.17. The molecule has 2 aliphatic heterocycles. The SMILES string of the molecule is Cc1cc(Nc2ccc(/C=N/Nc3ncc(F)c(N4CCOCC4)n3)nc2)ccc1C1C=CC=CS1. The van der Waals surface area contributed by atoms with Crippen molar-refractivity contribution < 1.29 is 9.13 Å². The number of aryl methyl sites for hydroxylation is 1.